The van der Waals surface area contributed by atoms with Crippen LogP contribution in [0.5, 0.6) is 0 Å². The van der Waals surface area contributed by atoms with Crippen molar-refractivity contribution in [2.45, 2.75) is 25.4 Å². The molecule has 2 N–H and O–H groups in total. The third-order valence-electron chi connectivity index (χ3n) is 6.33. The summed E-state index contributed by atoms with van der Waals surface area (Å²) >= 11 is 18.4. The maximum absolute atomic E-state index is 12.8. The van der Waals surface area contributed by atoms with E-state index >= 15 is 0 Å². The Bertz CT molecular complexity index is 1440. The maximum atomic E-state index is 12.8. The summed E-state index contributed by atoms with van der Waals surface area (Å²) in [4.78, 5) is 19.3. The minimum atomic E-state index is -0.319. The first-order chi connectivity index (χ1) is 17.9. The van der Waals surface area contributed by atoms with Gasteiger partial charge in [-0.05, 0) is 67.2 Å². The van der Waals surface area contributed by atoms with E-state index in [1.165, 1.54) is 0 Å². The van der Waals surface area contributed by atoms with Crippen LogP contribution in [0.1, 0.15) is 35.5 Å². The number of hydrogen-bond donors (Lipinski definition) is 2. The molecule has 1 fully saturated rings. The predicted octanol–water partition coefficient (Wildman–Crippen LogP) is 6.96. The lowest BCUT2D eigenvalue weighted by molar-refractivity contribution is -0.116. The van der Waals surface area contributed by atoms with Gasteiger partial charge in [0, 0.05) is 30.4 Å². The number of thiocarbonyl (C=S) groups is 1. The second kappa shape index (κ2) is 10.9. The zero-order chi connectivity index (χ0) is 25.9. The van der Waals surface area contributed by atoms with Crippen LogP contribution in [0, 0.1) is 6.92 Å². The van der Waals surface area contributed by atoms with Gasteiger partial charge in [-0.2, -0.15) is 0 Å². The molecule has 4 aromatic rings. The quantitative estimate of drug-likeness (QED) is 0.242. The van der Waals surface area contributed by atoms with Crippen LogP contribution < -0.4 is 10.6 Å². The van der Waals surface area contributed by atoms with Crippen molar-refractivity contribution in [3.8, 4) is 11.3 Å². The highest BCUT2D eigenvalue weighted by molar-refractivity contribution is 7.80. The number of pyridine rings is 1. The lowest BCUT2D eigenvalue weighted by Gasteiger charge is -2.26. The average Bonchev–Trinajstić information content (AvgIpc) is 3.51. The van der Waals surface area contributed by atoms with Gasteiger partial charge in [0.25, 0.3) is 0 Å². The van der Waals surface area contributed by atoms with Gasteiger partial charge in [0.05, 0.1) is 21.8 Å². The highest BCUT2D eigenvalue weighted by atomic mass is 35.5. The summed E-state index contributed by atoms with van der Waals surface area (Å²) in [5.74, 6) is 1.17. The van der Waals surface area contributed by atoms with Gasteiger partial charge in [0.2, 0.25) is 5.91 Å². The van der Waals surface area contributed by atoms with E-state index in [-0.39, 0.29) is 24.4 Å². The zero-order valence-electron chi connectivity index (χ0n) is 19.9. The van der Waals surface area contributed by atoms with Crippen LogP contribution in [0.15, 0.2) is 83.4 Å². The first kappa shape index (κ1) is 25.3. The average molecular weight is 551 g/mol. The van der Waals surface area contributed by atoms with Crippen molar-refractivity contribution in [3.05, 3.63) is 106 Å². The third-order valence-corrected chi connectivity index (χ3v) is 7.50. The molecule has 1 aliphatic heterocycles. The smallest absolute Gasteiger partial charge is 0.226 e. The Morgan fingerprint density at radius 2 is 1.89 bits per heavy atom. The number of benzene rings is 2. The molecular weight excluding hydrogens is 527 g/mol. The zero-order valence-corrected chi connectivity index (χ0v) is 22.3. The van der Waals surface area contributed by atoms with Crippen LogP contribution in [0.4, 0.5) is 5.69 Å². The highest BCUT2D eigenvalue weighted by Gasteiger charge is 2.41. The summed E-state index contributed by atoms with van der Waals surface area (Å²) in [6.07, 6.45) is 1.99. The largest absolute Gasteiger partial charge is 0.459 e. The number of nitrogens with one attached hydrogen (secondary N) is 2. The van der Waals surface area contributed by atoms with Crippen LogP contribution in [-0.4, -0.2) is 27.4 Å². The molecule has 1 amide bonds. The van der Waals surface area contributed by atoms with Crippen LogP contribution in [-0.2, 0) is 4.79 Å². The molecule has 2 atom stereocenters. The number of amides is 1. The van der Waals surface area contributed by atoms with E-state index in [1.807, 2.05) is 78.6 Å². The van der Waals surface area contributed by atoms with Gasteiger partial charge in [0.1, 0.15) is 17.6 Å². The molecule has 2 aromatic carbocycles. The van der Waals surface area contributed by atoms with Gasteiger partial charge >= 0.3 is 0 Å². The van der Waals surface area contributed by atoms with Crippen molar-refractivity contribution in [2.75, 3.05) is 11.9 Å². The fraction of sp³-hybridized carbons (Fsp3) is 0.179. The molecule has 1 aliphatic rings. The van der Waals surface area contributed by atoms with E-state index in [1.54, 1.807) is 12.3 Å². The molecule has 1 saturated heterocycles. The Kier molecular flexibility index (Phi) is 7.46. The molecule has 188 valence electrons. The number of nitrogens with zero attached hydrogens (tertiary/aromatic N) is 2. The van der Waals surface area contributed by atoms with Crippen LogP contribution in [0.3, 0.4) is 0 Å². The first-order valence-corrected chi connectivity index (χ1v) is 13.0. The second-order valence-electron chi connectivity index (χ2n) is 8.74. The fourth-order valence-electron chi connectivity index (χ4n) is 4.45. The van der Waals surface area contributed by atoms with Crippen molar-refractivity contribution >= 4 is 52.1 Å². The highest BCUT2D eigenvalue weighted by Crippen LogP contribution is 2.42. The Hall–Kier alpha value is -3.39. The monoisotopic (exact) mass is 550 g/mol. The molecule has 6 nitrogen and oxygen atoms in total. The number of hydrogen-bond acceptors (Lipinski definition) is 4. The number of rotatable bonds is 7. The van der Waals surface area contributed by atoms with Gasteiger partial charge in [-0.25, -0.2) is 0 Å². The fourth-order valence-corrected chi connectivity index (χ4v) is 5.18. The Labute approximate surface area is 230 Å². The Balaban J connectivity index is 1.42. The van der Waals surface area contributed by atoms with Crippen molar-refractivity contribution in [1.29, 1.82) is 0 Å². The van der Waals surface area contributed by atoms with E-state index < -0.39 is 0 Å². The first-order valence-electron chi connectivity index (χ1n) is 11.8. The van der Waals surface area contributed by atoms with Gasteiger partial charge in [0.15, 0.2) is 5.11 Å². The summed E-state index contributed by atoms with van der Waals surface area (Å²) in [7, 11) is 0. The molecule has 3 heterocycles. The minimum Gasteiger partial charge on any atom is -0.459 e. The number of para-hydroxylation sites is 1. The summed E-state index contributed by atoms with van der Waals surface area (Å²) < 4.78 is 6.33. The van der Waals surface area contributed by atoms with Gasteiger partial charge < -0.3 is 20.0 Å². The van der Waals surface area contributed by atoms with Gasteiger partial charge in [-0.15, -0.1) is 0 Å². The summed E-state index contributed by atoms with van der Waals surface area (Å²) in [5, 5.41) is 7.78. The van der Waals surface area contributed by atoms with Gasteiger partial charge in [-0.3, -0.25) is 9.78 Å². The number of aryl methyl sites for hydroxylation is 1. The lowest BCUT2D eigenvalue weighted by Crippen LogP contribution is -2.32. The number of halogens is 2. The topological polar surface area (TPSA) is 70.4 Å². The second-order valence-corrected chi connectivity index (χ2v) is 9.91. The number of anilines is 1. The minimum absolute atomic E-state index is 0.0945. The lowest BCUT2D eigenvalue weighted by atomic mass is 10.0. The number of carbonyl (C=O) groups excluding carboxylic acids is 1. The van der Waals surface area contributed by atoms with Crippen molar-refractivity contribution < 1.29 is 9.21 Å². The van der Waals surface area contributed by atoms with E-state index in [4.69, 9.17) is 39.8 Å². The molecule has 5 rings (SSSR count). The third kappa shape index (κ3) is 5.34. The van der Waals surface area contributed by atoms with E-state index in [0.717, 1.165) is 16.9 Å². The van der Waals surface area contributed by atoms with Crippen LogP contribution in [0.2, 0.25) is 10.0 Å². The molecular formula is C28H24Cl2N4O2S. The van der Waals surface area contributed by atoms with E-state index in [2.05, 4.69) is 15.6 Å². The van der Waals surface area contributed by atoms with Crippen LogP contribution in [0.25, 0.3) is 11.3 Å². The Morgan fingerprint density at radius 1 is 1.08 bits per heavy atom. The maximum Gasteiger partial charge on any atom is 0.226 e. The van der Waals surface area contributed by atoms with Crippen LogP contribution >= 0.6 is 35.4 Å². The molecule has 37 heavy (non-hydrogen) atoms. The van der Waals surface area contributed by atoms with E-state index in [0.29, 0.717) is 38.8 Å². The normalized spacial score (nSPS) is 17.1. The molecule has 0 saturated carbocycles. The molecule has 0 spiro atoms. The summed E-state index contributed by atoms with van der Waals surface area (Å²) in [6, 6.07) is 22.0. The molecule has 9 heteroatoms. The molecule has 0 radical (unpaired) electrons. The number of furan rings is 1. The van der Waals surface area contributed by atoms with Crippen molar-refractivity contribution in [2.24, 2.45) is 0 Å². The Morgan fingerprint density at radius 3 is 2.68 bits per heavy atom. The number of carbonyl (C=O) groups is 1. The molecule has 2 aromatic heterocycles. The summed E-state index contributed by atoms with van der Waals surface area (Å²) in [5.41, 5.74) is 3.32. The van der Waals surface area contributed by atoms with E-state index in [9.17, 15) is 4.79 Å². The number of aromatic nitrogens is 1. The molecule has 0 bridgehead atoms. The SMILES string of the molecule is Cc1ccccc1NC(=O)CCN1C(=S)N[C@H](c2ccccn2)[C@@H]1c1ccc(-c2cccc(Cl)c2Cl)o1. The van der Waals surface area contributed by atoms with Gasteiger partial charge in [-0.1, -0.05) is 53.5 Å². The summed E-state index contributed by atoms with van der Waals surface area (Å²) in [6.45, 7) is 2.36. The molecule has 0 unspecified atom stereocenters. The van der Waals surface area contributed by atoms with Crippen molar-refractivity contribution in [3.63, 3.8) is 0 Å². The standard InChI is InChI=1S/C28H24Cl2N4O2S/c1-17-7-2-3-10-20(17)32-24(35)14-16-34-27(26(33-28(34)37)21-11-4-5-15-31-21)23-13-12-22(36-23)18-8-6-9-19(29)25(18)30/h2-13,15,26-27H,14,16H2,1H3,(H,32,35)(H,33,37)/t26-,27+/m1/s1. The predicted molar refractivity (Wildman–Crippen MR) is 151 cm³/mol. The van der Waals surface area contributed by atoms with Crippen molar-refractivity contribution in [1.82, 2.24) is 15.2 Å². The molecule has 0 aliphatic carbocycles.